The second-order valence-electron chi connectivity index (χ2n) is 6.33. The van der Waals surface area contributed by atoms with Gasteiger partial charge in [-0.05, 0) is 18.1 Å². The van der Waals surface area contributed by atoms with Gasteiger partial charge in [0.15, 0.2) is 0 Å². The van der Waals surface area contributed by atoms with Crippen LogP contribution in [0.1, 0.15) is 27.6 Å². The van der Waals surface area contributed by atoms with Gasteiger partial charge in [-0.1, -0.05) is 54.1 Å². The molecule has 122 valence electrons. The van der Waals surface area contributed by atoms with Crippen LogP contribution in [0.15, 0.2) is 54.7 Å². The maximum atomic E-state index is 10.3. The number of hydrogen-bond donors (Lipinski definition) is 2. The van der Waals surface area contributed by atoms with Crippen LogP contribution in [0.3, 0.4) is 0 Å². The third kappa shape index (κ3) is 3.00. The third-order valence-corrected chi connectivity index (χ3v) is 5.60. The first-order valence-corrected chi connectivity index (χ1v) is 9.03. The average Bonchev–Trinajstić information content (AvgIpc) is 3.17. The fourth-order valence-corrected chi connectivity index (χ4v) is 4.12. The Morgan fingerprint density at radius 1 is 1.17 bits per heavy atom. The lowest BCUT2D eigenvalue weighted by Crippen LogP contribution is -2.28. The largest absolute Gasteiger partial charge is 0.391 e. The van der Waals surface area contributed by atoms with Gasteiger partial charge in [0, 0.05) is 29.6 Å². The molecule has 0 bridgehead atoms. The SMILES string of the molecule is Cc1ccc(-c2ncc(CN[C@H]3c4ccccc4C[C@@H]3O)s2)cc1. The van der Waals surface area contributed by atoms with Crippen LogP contribution < -0.4 is 5.32 Å². The lowest BCUT2D eigenvalue weighted by atomic mass is 10.1. The predicted molar refractivity (Wildman–Crippen MR) is 98.0 cm³/mol. The summed E-state index contributed by atoms with van der Waals surface area (Å²) in [4.78, 5) is 5.72. The zero-order chi connectivity index (χ0) is 16.5. The van der Waals surface area contributed by atoms with Gasteiger partial charge < -0.3 is 10.4 Å². The summed E-state index contributed by atoms with van der Waals surface area (Å²) in [5, 5.41) is 14.9. The summed E-state index contributed by atoms with van der Waals surface area (Å²) in [5.41, 5.74) is 4.87. The Labute approximate surface area is 146 Å². The molecular formula is C20H20N2OS. The van der Waals surface area contributed by atoms with Gasteiger partial charge in [-0.25, -0.2) is 4.98 Å². The first-order chi connectivity index (χ1) is 11.7. The van der Waals surface area contributed by atoms with Gasteiger partial charge in [-0.3, -0.25) is 0 Å². The molecule has 1 aromatic heterocycles. The Morgan fingerprint density at radius 3 is 2.79 bits per heavy atom. The van der Waals surface area contributed by atoms with Crippen LogP contribution in [0.4, 0.5) is 0 Å². The topological polar surface area (TPSA) is 45.2 Å². The Hall–Kier alpha value is -2.01. The molecule has 4 heteroatoms. The molecule has 0 aliphatic heterocycles. The molecule has 0 saturated heterocycles. The van der Waals surface area contributed by atoms with Crippen LogP contribution in [0, 0.1) is 6.92 Å². The molecule has 4 rings (SSSR count). The number of fused-ring (bicyclic) bond motifs is 1. The molecule has 0 unspecified atom stereocenters. The van der Waals surface area contributed by atoms with Crippen molar-refractivity contribution in [2.75, 3.05) is 0 Å². The molecular weight excluding hydrogens is 316 g/mol. The standard InChI is InChI=1S/C20H20N2OS/c1-13-6-8-14(9-7-13)20-22-12-16(24-20)11-21-19-17-5-3-2-4-15(17)10-18(19)23/h2-9,12,18-19,21,23H,10-11H2,1H3/t18-,19-/m0/s1. The fourth-order valence-electron chi connectivity index (χ4n) is 3.25. The van der Waals surface area contributed by atoms with Crippen LogP contribution in [-0.4, -0.2) is 16.2 Å². The number of benzene rings is 2. The average molecular weight is 336 g/mol. The van der Waals surface area contributed by atoms with E-state index in [1.165, 1.54) is 21.6 Å². The van der Waals surface area contributed by atoms with E-state index in [2.05, 4.69) is 53.6 Å². The number of rotatable bonds is 4. The normalized spacial score (nSPS) is 19.4. The number of nitrogens with zero attached hydrogens (tertiary/aromatic N) is 1. The van der Waals surface area contributed by atoms with E-state index in [-0.39, 0.29) is 12.1 Å². The molecule has 2 atom stereocenters. The van der Waals surface area contributed by atoms with Gasteiger partial charge in [-0.2, -0.15) is 0 Å². The molecule has 0 fully saturated rings. The van der Waals surface area contributed by atoms with Gasteiger partial charge in [0.05, 0.1) is 12.1 Å². The minimum Gasteiger partial charge on any atom is -0.391 e. The third-order valence-electron chi connectivity index (χ3n) is 4.55. The van der Waals surface area contributed by atoms with Crippen molar-refractivity contribution in [3.63, 3.8) is 0 Å². The molecule has 1 aliphatic rings. The Kier molecular flexibility index (Phi) is 4.19. The smallest absolute Gasteiger partial charge is 0.123 e. The number of hydrogen-bond acceptors (Lipinski definition) is 4. The number of aliphatic hydroxyl groups excluding tert-OH is 1. The highest BCUT2D eigenvalue weighted by Gasteiger charge is 2.30. The molecule has 0 spiro atoms. The van der Waals surface area contributed by atoms with Crippen molar-refractivity contribution in [1.29, 1.82) is 0 Å². The lowest BCUT2D eigenvalue weighted by Gasteiger charge is -2.17. The molecule has 24 heavy (non-hydrogen) atoms. The van der Waals surface area contributed by atoms with Gasteiger partial charge in [0.1, 0.15) is 5.01 Å². The maximum absolute atomic E-state index is 10.3. The van der Waals surface area contributed by atoms with Crippen molar-refractivity contribution >= 4 is 11.3 Å². The number of aromatic nitrogens is 1. The summed E-state index contributed by atoms with van der Waals surface area (Å²) < 4.78 is 0. The number of aryl methyl sites for hydroxylation is 1. The van der Waals surface area contributed by atoms with E-state index in [0.29, 0.717) is 0 Å². The van der Waals surface area contributed by atoms with Crippen LogP contribution in [-0.2, 0) is 13.0 Å². The Balaban J connectivity index is 1.46. The molecule has 0 radical (unpaired) electrons. The van der Waals surface area contributed by atoms with Crippen molar-refractivity contribution in [1.82, 2.24) is 10.3 Å². The molecule has 0 saturated carbocycles. The molecule has 2 N–H and O–H groups in total. The van der Waals surface area contributed by atoms with E-state index in [4.69, 9.17) is 0 Å². The lowest BCUT2D eigenvalue weighted by molar-refractivity contribution is 0.141. The van der Waals surface area contributed by atoms with E-state index in [9.17, 15) is 5.11 Å². The number of aliphatic hydroxyl groups is 1. The summed E-state index contributed by atoms with van der Waals surface area (Å²) >= 11 is 1.70. The summed E-state index contributed by atoms with van der Waals surface area (Å²) in [5.74, 6) is 0. The van der Waals surface area contributed by atoms with E-state index < -0.39 is 0 Å². The zero-order valence-electron chi connectivity index (χ0n) is 13.6. The van der Waals surface area contributed by atoms with Gasteiger partial charge in [-0.15, -0.1) is 11.3 Å². The molecule has 3 nitrogen and oxygen atoms in total. The van der Waals surface area contributed by atoms with Crippen LogP contribution in [0.25, 0.3) is 10.6 Å². The molecule has 2 aromatic carbocycles. The summed E-state index contributed by atoms with van der Waals surface area (Å²) in [6, 6.07) is 16.7. The fraction of sp³-hybridized carbons (Fsp3) is 0.250. The van der Waals surface area contributed by atoms with Crippen molar-refractivity contribution in [3.05, 3.63) is 76.3 Å². The van der Waals surface area contributed by atoms with E-state index in [1.807, 2.05) is 18.3 Å². The van der Waals surface area contributed by atoms with Crippen molar-refractivity contribution in [3.8, 4) is 10.6 Å². The minimum absolute atomic E-state index is 0.00567. The highest BCUT2D eigenvalue weighted by atomic mass is 32.1. The molecule has 1 aliphatic carbocycles. The van der Waals surface area contributed by atoms with E-state index >= 15 is 0 Å². The Bertz CT molecular complexity index is 841. The van der Waals surface area contributed by atoms with Gasteiger partial charge >= 0.3 is 0 Å². The zero-order valence-corrected chi connectivity index (χ0v) is 14.4. The first kappa shape index (κ1) is 15.5. The Morgan fingerprint density at radius 2 is 1.96 bits per heavy atom. The minimum atomic E-state index is -0.355. The van der Waals surface area contributed by atoms with Crippen LogP contribution in [0.2, 0.25) is 0 Å². The van der Waals surface area contributed by atoms with Crippen molar-refractivity contribution in [2.45, 2.75) is 32.0 Å². The van der Waals surface area contributed by atoms with Gasteiger partial charge in [0.2, 0.25) is 0 Å². The van der Waals surface area contributed by atoms with Crippen molar-refractivity contribution < 1.29 is 5.11 Å². The maximum Gasteiger partial charge on any atom is 0.123 e. The highest BCUT2D eigenvalue weighted by Crippen LogP contribution is 2.32. The molecule has 0 amide bonds. The second kappa shape index (κ2) is 6.48. The monoisotopic (exact) mass is 336 g/mol. The van der Waals surface area contributed by atoms with Crippen molar-refractivity contribution in [2.24, 2.45) is 0 Å². The van der Waals surface area contributed by atoms with Gasteiger partial charge in [0.25, 0.3) is 0 Å². The quantitative estimate of drug-likeness (QED) is 0.760. The van der Waals surface area contributed by atoms with Crippen LogP contribution >= 0.6 is 11.3 Å². The van der Waals surface area contributed by atoms with E-state index in [1.54, 1.807) is 11.3 Å². The molecule has 1 heterocycles. The second-order valence-corrected chi connectivity index (χ2v) is 7.44. The predicted octanol–water partition coefficient (Wildman–Crippen LogP) is 3.87. The summed E-state index contributed by atoms with van der Waals surface area (Å²) in [6.07, 6.45) is 2.30. The number of thiazole rings is 1. The first-order valence-electron chi connectivity index (χ1n) is 8.22. The highest BCUT2D eigenvalue weighted by molar-refractivity contribution is 7.15. The molecule has 3 aromatic rings. The number of nitrogens with one attached hydrogen (secondary N) is 1. The van der Waals surface area contributed by atoms with E-state index in [0.717, 1.165) is 23.5 Å². The summed E-state index contributed by atoms with van der Waals surface area (Å²) in [7, 11) is 0. The van der Waals surface area contributed by atoms with Crippen LogP contribution in [0.5, 0.6) is 0 Å². The summed E-state index contributed by atoms with van der Waals surface area (Å²) in [6.45, 7) is 2.81.